The molecule has 0 fully saturated rings. The fraction of sp³-hybridized carbons (Fsp3) is 0.375. The summed E-state index contributed by atoms with van der Waals surface area (Å²) in [4.78, 5) is 17.0. The Kier molecular flexibility index (Phi) is 4.63. The zero-order chi connectivity index (χ0) is 15.5. The average molecular weight is 304 g/mol. The number of rotatable bonds is 4. The van der Waals surface area contributed by atoms with Gasteiger partial charge in [0.2, 0.25) is 0 Å². The van der Waals surface area contributed by atoms with Crippen LogP contribution in [0.5, 0.6) is 0 Å². The third-order valence-corrected chi connectivity index (χ3v) is 3.76. The number of nitrogens with zero attached hydrogens (tertiary/aromatic N) is 1. The maximum atomic E-state index is 12.1. The van der Waals surface area contributed by atoms with Crippen LogP contribution in [-0.2, 0) is 11.3 Å². The van der Waals surface area contributed by atoms with E-state index in [4.69, 9.17) is 4.74 Å². The van der Waals surface area contributed by atoms with Gasteiger partial charge in [-0.3, -0.25) is 0 Å². The predicted molar refractivity (Wildman–Crippen MR) is 85.8 cm³/mol. The summed E-state index contributed by atoms with van der Waals surface area (Å²) >= 11 is 1.33. The van der Waals surface area contributed by atoms with Gasteiger partial charge < -0.3 is 10.1 Å². The molecule has 0 spiro atoms. The van der Waals surface area contributed by atoms with E-state index >= 15 is 0 Å². The van der Waals surface area contributed by atoms with Gasteiger partial charge in [-0.05, 0) is 33.3 Å². The number of anilines is 1. The van der Waals surface area contributed by atoms with E-state index in [0.717, 1.165) is 5.13 Å². The van der Waals surface area contributed by atoms with Crippen LogP contribution < -0.4 is 5.32 Å². The van der Waals surface area contributed by atoms with Crippen LogP contribution in [0.25, 0.3) is 0 Å². The second kappa shape index (κ2) is 6.26. The largest absolute Gasteiger partial charge is 0.456 e. The van der Waals surface area contributed by atoms with E-state index in [2.05, 4.69) is 10.3 Å². The summed E-state index contributed by atoms with van der Waals surface area (Å²) in [7, 11) is 0. The van der Waals surface area contributed by atoms with Crippen LogP contribution in [0.15, 0.2) is 30.3 Å². The van der Waals surface area contributed by atoms with Gasteiger partial charge in [0, 0.05) is 6.54 Å². The van der Waals surface area contributed by atoms with Gasteiger partial charge in [0.1, 0.15) is 10.5 Å². The lowest BCUT2D eigenvalue weighted by Crippen LogP contribution is -2.23. The molecule has 1 aromatic heterocycles. The van der Waals surface area contributed by atoms with Crippen molar-refractivity contribution in [3.63, 3.8) is 0 Å². The molecule has 2 rings (SSSR count). The van der Waals surface area contributed by atoms with Crippen molar-refractivity contribution in [2.75, 3.05) is 5.32 Å². The van der Waals surface area contributed by atoms with Crippen LogP contribution in [0.1, 0.15) is 41.7 Å². The maximum Gasteiger partial charge on any atom is 0.350 e. The first-order chi connectivity index (χ1) is 9.85. The number of aromatic nitrogens is 1. The molecule has 0 aliphatic carbocycles. The highest BCUT2D eigenvalue weighted by Gasteiger charge is 2.22. The maximum absolute atomic E-state index is 12.1. The number of thiazole rings is 1. The van der Waals surface area contributed by atoms with E-state index < -0.39 is 5.60 Å². The summed E-state index contributed by atoms with van der Waals surface area (Å²) in [5.74, 6) is -0.315. The SMILES string of the molecule is Cc1nc(NCc2ccccc2)sc1C(=O)OC(C)(C)C. The topological polar surface area (TPSA) is 51.2 Å². The Morgan fingerprint density at radius 2 is 1.95 bits per heavy atom. The molecular weight excluding hydrogens is 284 g/mol. The van der Waals surface area contributed by atoms with Crippen molar-refractivity contribution < 1.29 is 9.53 Å². The van der Waals surface area contributed by atoms with Gasteiger partial charge in [-0.25, -0.2) is 9.78 Å². The number of hydrogen-bond acceptors (Lipinski definition) is 5. The lowest BCUT2D eigenvalue weighted by atomic mass is 10.2. The molecule has 1 aromatic carbocycles. The first-order valence-electron chi connectivity index (χ1n) is 6.84. The number of carbonyl (C=O) groups excluding carboxylic acids is 1. The number of aryl methyl sites for hydroxylation is 1. The number of esters is 1. The van der Waals surface area contributed by atoms with E-state index in [1.807, 2.05) is 58.0 Å². The molecule has 0 aliphatic rings. The van der Waals surface area contributed by atoms with E-state index in [1.165, 1.54) is 16.9 Å². The first kappa shape index (κ1) is 15.5. The van der Waals surface area contributed by atoms with Gasteiger partial charge in [0.05, 0.1) is 5.69 Å². The van der Waals surface area contributed by atoms with Gasteiger partial charge in [-0.2, -0.15) is 0 Å². The Labute approximate surface area is 129 Å². The number of carbonyl (C=O) groups is 1. The molecule has 21 heavy (non-hydrogen) atoms. The third-order valence-electron chi connectivity index (χ3n) is 2.67. The van der Waals surface area contributed by atoms with E-state index in [1.54, 1.807) is 0 Å². The molecule has 0 saturated heterocycles. The van der Waals surface area contributed by atoms with Gasteiger partial charge >= 0.3 is 5.97 Å². The summed E-state index contributed by atoms with van der Waals surface area (Å²) in [5.41, 5.74) is 1.37. The molecule has 4 nitrogen and oxygen atoms in total. The van der Waals surface area contributed by atoms with Crippen LogP contribution in [0, 0.1) is 6.92 Å². The normalized spacial score (nSPS) is 11.2. The second-order valence-electron chi connectivity index (χ2n) is 5.77. The lowest BCUT2D eigenvalue weighted by Gasteiger charge is -2.18. The molecule has 1 heterocycles. The average Bonchev–Trinajstić information content (AvgIpc) is 2.77. The molecule has 5 heteroatoms. The van der Waals surface area contributed by atoms with Gasteiger partial charge in [-0.1, -0.05) is 41.7 Å². The van der Waals surface area contributed by atoms with Crippen LogP contribution in [0.4, 0.5) is 5.13 Å². The summed E-state index contributed by atoms with van der Waals surface area (Å²) in [6.07, 6.45) is 0. The van der Waals surface area contributed by atoms with Crippen LogP contribution >= 0.6 is 11.3 Å². The number of benzene rings is 1. The third kappa shape index (κ3) is 4.56. The van der Waals surface area contributed by atoms with Crippen molar-refractivity contribution in [2.24, 2.45) is 0 Å². The molecule has 2 aromatic rings. The predicted octanol–water partition coefficient (Wildman–Crippen LogP) is 4.02. The van der Waals surface area contributed by atoms with E-state index in [9.17, 15) is 4.79 Å². The van der Waals surface area contributed by atoms with Gasteiger partial charge in [0.15, 0.2) is 5.13 Å². The minimum Gasteiger partial charge on any atom is -0.456 e. The molecule has 0 saturated carbocycles. The Balaban J connectivity index is 2.04. The number of hydrogen-bond donors (Lipinski definition) is 1. The van der Waals surface area contributed by atoms with Crippen LogP contribution in [0.3, 0.4) is 0 Å². The first-order valence-corrected chi connectivity index (χ1v) is 7.65. The van der Waals surface area contributed by atoms with Crippen molar-refractivity contribution in [1.29, 1.82) is 0 Å². The standard InChI is InChI=1S/C16H20N2O2S/c1-11-13(14(19)20-16(2,3)4)21-15(18-11)17-10-12-8-6-5-7-9-12/h5-9H,10H2,1-4H3,(H,17,18). The molecule has 0 amide bonds. The highest BCUT2D eigenvalue weighted by Crippen LogP contribution is 2.25. The van der Waals surface area contributed by atoms with Crippen LogP contribution in [0.2, 0.25) is 0 Å². The summed E-state index contributed by atoms with van der Waals surface area (Å²) < 4.78 is 5.38. The lowest BCUT2D eigenvalue weighted by molar-refractivity contribution is 0.00742. The fourth-order valence-corrected chi connectivity index (χ4v) is 2.60. The molecule has 0 bridgehead atoms. The molecular formula is C16H20N2O2S. The molecule has 0 aliphatic heterocycles. The zero-order valence-electron chi connectivity index (χ0n) is 12.8. The number of nitrogens with one attached hydrogen (secondary N) is 1. The summed E-state index contributed by atoms with van der Waals surface area (Å²) in [6, 6.07) is 10.1. The van der Waals surface area contributed by atoms with Crippen LogP contribution in [-0.4, -0.2) is 16.6 Å². The van der Waals surface area contributed by atoms with E-state index in [-0.39, 0.29) is 5.97 Å². The molecule has 112 valence electrons. The minimum absolute atomic E-state index is 0.315. The Morgan fingerprint density at radius 1 is 1.29 bits per heavy atom. The molecule has 0 unspecified atom stereocenters. The monoisotopic (exact) mass is 304 g/mol. The fourth-order valence-electron chi connectivity index (χ4n) is 1.76. The van der Waals surface area contributed by atoms with Crippen molar-refractivity contribution in [2.45, 2.75) is 39.8 Å². The Hall–Kier alpha value is -1.88. The molecule has 1 N–H and O–H groups in total. The van der Waals surface area contributed by atoms with Crippen molar-refractivity contribution in [1.82, 2.24) is 4.98 Å². The smallest absolute Gasteiger partial charge is 0.350 e. The van der Waals surface area contributed by atoms with Crippen molar-refractivity contribution in [3.8, 4) is 0 Å². The summed E-state index contributed by atoms with van der Waals surface area (Å²) in [6.45, 7) is 8.08. The van der Waals surface area contributed by atoms with E-state index in [0.29, 0.717) is 17.1 Å². The Morgan fingerprint density at radius 3 is 2.57 bits per heavy atom. The highest BCUT2D eigenvalue weighted by molar-refractivity contribution is 7.17. The quantitative estimate of drug-likeness (QED) is 0.867. The zero-order valence-corrected chi connectivity index (χ0v) is 13.6. The minimum atomic E-state index is -0.495. The molecule has 0 atom stereocenters. The van der Waals surface area contributed by atoms with Gasteiger partial charge in [0.25, 0.3) is 0 Å². The highest BCUT2D eigenvalue weighted by atomic mass is 32.1. The second-order valence-corrected chi connectivity index (χ2v) is 6.77. The van der Waals surface area contributed by atoms with Crippen molar-refractivity contribution in [3.05, 3.63) is 46.5 Å². The van der Waals surface area contributed by atoms with Crippen molar-refractivity contribution >= 4 is 22.4 Å². The Bertz CT molecular complexity index is 615. The summed E-state index contributed by atoms with van der Waals surface area (Å²) in [5, 5.41) is 3.97. The van der Waals surface area contributed by atoms with Gasteiger partial charge in [-0.15, -0.1) is 0 Å². The molecule has 0 radical (unpaired) electrons. The number of ether oxygens (including phenoxy) is 1.